The van der Waals surface area contributed by atoms with Crippen LogP contribution in [0, 0.1) is 0 Å². The van der Waals surface area contributed by atoms with Gasteiger partial charge < -0.3 is 16.4 Å². The van der Waals surface area contributed by atoms with Crippen molar-refractivity contribution in [2.45, 2.75) is 26.3 Å². The number of allylic oxidation sites excluding steroid dienone is 1. The summed E-state index contributed by atoms with van der Waals surface area (Å²) in [5.41, 5.74) is 14.8. The average Bonchev–Trinajstić information content (AvgIpc) is 2.99. The van der Waals surface area contributed by atoms with Gasteiger partial charge in [0.2, 0.25) is 0 Å². The molecule has 168 valence electrons. The first-order chi connectivity index (χ1) is 16.0. The number of carbonyl (C=O) groups excluding carboxylic acids is 1. The predicted octanol–water partition coefficient (Wildman–Crippen LogP) is 5.43. The van der Waals surface area contributed by atoms with E-state index in [1.807, 2.05) is 19.1 Å². The van der Waals surface area contributed by atoms with Gasteiger partial charge in [-0.1, -0.05) is 34.1 Å². The first-order valence-corrected chi connectivity index (χ1v) is 12.0. The van der Waals surface area contributed by atoms with E-state index in [1.54, 1.807) is 6.07 Å². The van der Waals surface area contributed by atoms with E-state index < -0.39 is 0 Å². The van der Waals surface area contributed by atoms with Gasteiger partial charge in [-0.2, -0.15) is 0 Å². The Morgan fingerprint density at radius 3 is 2.58 bits per heavy atom. The first-order valence-electron chi connectivity index (χ1n) is 11.2. The summed E-state index contributed by atoms with van der Waals surface area (Å²) in [7, 11) is 0. The van der Waals surface area contributed by atoms with Crippen molar-refractivity contribution in [3.63, 3.8) is 0 Å². The van der Waals surface area contributed by atoms with E-state index in [4.69, 9.17) is 5.73 Å². The Morgan fingerprint density at radius 1 is 1.03 bits per heavy atom. The van der Waals surface area contributed by atoms with E-state index in [9.17, 15) is 4.79 Å². The van der Waals surface area contributed by atoms with Gasteiger partial charge in [-0.15, -0.1) is 0 Å². The zero-order chi connectivity index (χ0) is 22.9. The number of nitrogen functional groups attached to an aromatic ring is 1. The molecule has 2 heterocycles. The van der Waals surface area contributed by atoms with Gasteiger partial charge in [0.05, 0.1) is 5.57 Å². The van der Waals surface area contributed by atoms with Gasteiger partial charge in [-0.05, 0) is 78.9 Å². The topological polar surface area (TPSA) is 70.4 Å². The normalized spacial score (nSPS) is 17.1. The maximum atomic E-state index is 12.5. The molecule has 33 heavy (non-hydrogen) atoms. The number of benzene rings is 3. The molecule has 0 radical (unpaired) electrons. The highest BCUT2D eigenvalue weighted by Gasteiger charge is 2.26. The number of rotatable bonds is 4. The molecular weight excluding hydrogens is 476 g/mol. The summed E-state index contributed by atoms with van der Waals surface area (Å²) in [5, 5.41) is 6.30. The zero-order valence-electron chi connectivity index (χ0n) is 18.6. The molecule has 0 unspecified atom stereocenters. The molecule has 0 aliphatic carbocycles. The lowest BCUT2D eigenvalue weighted by atomic mass is 10.0. The van der Waals surface area contributed by atoms with Crippen molar-refractivity contribution >= 4 is 44.5 Å². The molecule has 5 rings (SSSR count). The van der Waals surface area contributed by atoms with Gasteiger partial charge in [0.25, 0.3) is 5.91 Å². The van der Waals surface area contributed by atoms with Gasteiger partial charge in [0, 0.05) is 52.4 Å². The van der Waals surface area contributed by atoms with Crippen LogP contribution in [0.2, 0.25) is 0 Å². The quantitative estimate of drug-likeness (QED) is 0.328. The summed E-state index contributed by atoms with van der Waals surface area (Å²) in [5.74, 6) is -0.105. The molecule has 5 nitrogen and oxygen atoms in total. The summed E-state index contributed by atoms with van der Waals surface area (Å²) in [6.45, 7) is 4.99. The van der Waals surface area contributed by atoms with Gasteiger partial charge in [0.15, 0.2) is 0 Å². The number of carbonyl (C=O) groups is 1. The Labute approximate surface area is 202 Å². The van der Waals surface area contributed by atoms with Crippen LogP contribution in [0.4, 0.5) is 17.1 Å². The molecule has 0 spiro atoms. The Bertz CT molecular complexity index is 1250. The number of anilines is 3. The Morgan fingerprint density at radius 2 is 1.79 bits per heavy atom. The molecule has 0 saturated carbocycles. The van der Waals surface area contributed by atoms with E-state index in [0.717, 1.165) is 59.6 Å². The fourth-order valence-electron chi connectivity index (χ4n) is 4.69. The van der Waals surface area contributed by atoms with Gasteiger partial charge in [0.1, 0.15) is 0 Å². The number of fused-ring (bicyclic) bond motifs is 2. The van der Waals surface area contributed by atoms with Crippen LogP contribution in [0.3, 0.4) is 0 Å². The van der Waals surface area contributed by atoms with E-state index in [0.29, 0.717) is 11.3 Å². The van der Waals surface area contributed by atoms with E-state index in [1.165, 1.54) is 16.7 Å². The number of amides is 1. The van der Waals surface area contributed by atoms with Crippen LogP contribution in [0.25, 0.3) is 5.57 Å². The molecule has 3 aromatic carbocycles. The highest BCUT2D eigenvalue weighted by molar-refractivity contribution is 9.10. The Hall–Kier alpha value is -3.09. The number of nitrogens with two attached hydrogens (primary N) is 1. The van der Waals surface area contributed by atoms with Crippen LogP contribution >= 0.6 is 15.9 Å². The third kappa shape index (κ3) is 4.68. The van der Waals surface area contributed by atoms with E-state index in [2.05, 4.69) is 73.9 Å². The predicted molar refractivity (Wildman–Crippen MR) is 139 cm³/mol. The molecule has 3 aromatic rings. The minimum Gasteiger partial charge on any atom is -0.399 e. The van der Waals surface area contributed by atoms with Crippen LogP contribution in [0.1, 0.15) is 29.2 Å². The van der Waals surface area contributed by atoms with Gasteiger partial charge in [-0.25, -0.2) is 0 Å². The van der Waals surface area contributed by atoms with Crippen molar-refractivity contribution in [3.8, 4) is 0 Å². The largest absolute Gasteiger partial charge is 0.399 e. The smallest absolute Gasteiger partial charge is 0.258 e. The molecule has 0 atom stereocenters. The van der Waals surface area contributed by atoms with Crippen LogP contribution in [0.15, 0.2) is 70.8 Å². The number of hydrogen-bond acceptors (Lipinski definition) is 4. The highest BCUT2D eigenvalue weighted by Crippen LogP contribution is 2.35. The van der Waals surface area contributed by atoms with Crippen molar-refractivity contribution < 1.29 is 4.79 Å². The molecule has 0 bridgehead atoms. The summed E-state index contributed by atoms with van der Waals surface area (Å²) >= 11 is 3.59. The summed E-state index contributed by atoms with van der Waals surface area (Å²) in [6.07, 6.45) is 2.16. The second-order valence-electron chi connectivity index (χ2n) is 8.77. The lowest BCUT2D eigenvalue weighted by Crippen LogP contribution is -2.25. The molecule has 6 heteroatoms. The van der Waals surface area contributed by atoms with Crippen LogP contribution < -0.4 is 16.4 Å². The number of nitrogens with zero attached hydrogens (tertiary/aromatic N) is 1. The second kappa shape index (κ2) is 9.04. The number of nitrogens with one attached hydrogen (secondary N) is 2. The van der Waals surface area contributed by atoms with Crippen LogP contribution in [-0.4, -0.2) is 23.9 Å². The lowest BCUT2D eigenvalue weighted by molar-refractivity contribution is -0.110. The average molecular weight is 503 g/mol. The minimum atomic E-state index is -0.105. The molecule has 4 N–H and O–H groups in total. The van der Waals surface area contributed by atoms with Crippen molar-refractivity contribution in [1.82, 2.24) is 4.90 Å². The lowest BCUT2D eigenvalue weighted by Gasteiger charge is -2.20. The van der Waals surface area contributed by atoms with Crippen molar-refractivity contribution in [1.29, 1.82) is 0 Å². The fourth-order valence-corrected chi connectivity index (χ4v) is 5.09. The maximum Gasteiger partial charge on any atom is 0.258 e. The first kappa shape index (κ1) is 21.7. The molecule has 2 aliphatic heterocycles. The summed E-state index contributed by atoms with van der Waals surface area (Å²) < 4.78 is 1.16. The van der Waals surface area contributed by atoms with Crippen molar-refractivity contribution in [2.24, 2.45) is 0 Å². The maximum absolute atomic E-state index is 12.5. The molecule has 0 saturated heterocycles. The van der Waals surface area contributed by atoms with Crippen LogP contribution in [0.5, 0.6) is 0 Å². The van der Waals surface area contributed by atoms with Crippen LogP contribution in [-0.2, 0) is 24.2 Å². The molecule has 0 fully saturated rings. The van der Waals surface area contributed by atoms with E-state index >= 15 is 0 Å². The summed E-state index contributed by atoms with van der Waals surface area (Å²) in [6, 6.07) is 20.6. The summed E-state index contributed by atoms with van der Waals surface area (Å²) in [4.78, 5) is 15.0. The standard InChI is InChI=1S/C27H27BrN4O/c1-17(26-24-15-22(29)6-9-25(24)31-27(26)33)30-23-7-2-18(3-8-23)16-32-12-10-19-4-5-21(28)14-20(19)11-13-32/h2-9,14-15,30H,10-13,16,29H2,1H3,(H,31,33)/b26-17-. The fraction of sp³-hybridized carbons (Fsp3) is 0.222. The Kier molecular flexibility index (Phi) is 5.96. The highest BCUT2D eigenvalue weighted by atomic mass is 79.9. The third-order valence-electron chi connectivity index (χ3n) is 6.42. The molecular formula is C27H27BrN4O. The van der Waals surface area contributed by atoms with Crippen molar-refractivity contribution in [2.75, 3.05) is 29.5 Å². The molecule has 1 amide bonds. The van der Waals surface area contributed by atoms with E-state index in [-0.39, 0.29) is 5.91 Å². The van der Waals surface area contributed by atoms with Gasteiger partial charge in [-0.3, -0.25) is 9.69 Å². The van der Waals surface area contributed by atoms with Crippen molar-refractivity contribution in [3.05, 3.63) is 93.1 Å². The molecule has 0 aromatic heterocycles. The number of halogens is 1. The molecule has 2 aliphatic rings. The third-order valence-corrected chi connectivity index (χ3v) is 6.91. The van der Waals surface area contributed by atoms with Gasteiger partial charge >= 0.3 is 0 Å². The SMILES string of the molecule is C/C(Nc1ccc(CN2CCc3ccc(Br)cc3CC2)cc1)=C1/C(=O)Nc2ccc(N)cc21. The zero-order valence-corrected chi connectivity index (χ0v) is 20.2. The second-order valence-corrected chi connectivity index (χ2v) is 9.69. The Balaban J connectivity index is 1.26. The number of hydrogen-bond donors (Lipinski definition) is 3. The monoisotopic (exact) mass is 502 g/mol. The minimum absolute atomic E-state index is 0.105.